The van der Waals surface area contributed by atoms with Crippen LogP contribution >= 0.6 is 0 Å². The number of benzene rings is 1. The topological polar surface area (TPSA) is 23.5 Å². The lowest BCUT2D eigenvalue weighted by molar-refractivity contribution is 0.0651. The molecule has 0 radical (unpaired) electrons. The molecule has 0 amide bonds. The fourth-order valence-electron chi connectivity index (χ4n) is 2.00. The normalized spacial score (nSPS) is 19.9. The molecule has 80 valence electrons. The van der Waals surface area contributed by atoms with Crippen LogP contribution in [-0.4, -0.2) is 23.8 Å². The summed E-state index contributed by atoms with van der Waals surface area (Å²) in [4.78, 5) is 2.30. The summed E-state index contributed by atoms with van der Waals surface area (Å²) in [6, 6.07) is 10.3. The molecule has 0 saturated carbocycles. The minimum Gasteiger partial charge on any atom is -0.386 e. The van der Waals surface area contributed by atoms with Gasteiger partial charge in [-0.3, -0.25) is 0 Å². The highest BCUT2D eigenvalue weighted by atomic mass is 16.3. The molecule has 0 aromatic heterocycles. The molecule has 1 fully saturated rings. The highest BCUT2D eigenvalue weighted by molar-refractivity contribution is 5.46. The van der Waals surface area contributed by atoms with Crippen LogP contribution in [0.3, 0.4) is 0 Å². The summed E-state index contributed by atoms with van der Waals surface area (Å²) in [5.74, 6) is 0. The van der Waals surface area contributed by atoms with Gasteiger partial charge in [0.1, 0.15) is 0 Å². The van der Waals surface area contributed by atoms with Gasteiger partial charge in [-0.05, 0) is 25.0 Å². The Kier molecular flexibility index (Phi) is 2.78. The first-order valence-electron chi connectivity index (χ1n) is 5.39. The predicted octanol–water partition coefficient (Wildman–Crippen LogP) is 2.20. The highest BCUT2D eigenvalue weighted by Gasteiger charge is 2.28. The van der Waals surface area contributed by atoms with E-state index in [0.717, 1.165) is 25.9 Å². The van der Waals surface area contributed by atoms with Crippen molar-refractivity contribution in [2.45, 2.75) is 18.4 Å². The quantitative estimate of drug-likeness (QED) is 0.745. The fraction of sp³-hybridized carbons (Fsp3) is 0.385. The summed E-state index contributed by atoms with van der Waals surface area (Å²) in [5.41, 5.74) is 0.592. The van der Waals surface area contributed by atoms with Crippen LogP contribution in [0, 0.1) is 0 Å². The Hall–Kier alpha value is -1.28. The third-order valence-electron chi connectivity index (χ3n) is 3.13. The van der Waals surface area contributed by atoms with E-state index in [1.165, 1.54) is 5.69 Å². The zero-order chi connectivity index (χ0) is 10.7. The summed E-state index contributed by atoms with van der Waals surface area (Å²) >= 11 is 0. The number of aliphatic hydroxyl groups is 1. The summed E-state index contributed by atoms with van der Waals surface area (Å²) in [6.45, 7) is 5.48. The Labute approximate surface area is 90.8 Å². The average Bonchev–Trinajstić information content (AvgIpc) is 2.31. The SMILES string of the molecule is C=CC1(O)CCN(c2ccccc2)CC1. The van der Waals surface area contributed by atoms with Crippen LogP contribution < -0.4 is 4.90 Å². The predicted molar refractivity (Wildman–Crippen MR) is 63.0 cm³/mol. The van der Waals surface area contributed by atoms with Gasteiger partial charge in [0.25, 0.3) is 0 Å². The molecule has 0 aliphatic carbocycles. The highest BCUT2D eigenvalue weighted by Crippen LogP contribution is 2.26. The zero-order valence-electron chi connectivity index (χ0n) is 8.89. The molecule has 1 aliphatic rings. The summed E-state index contributed by atoms with van der Waals surface area (Å²) in [6.07, 6.45) is 3.21. The van der Waals surface area contributed by atoms with Gasteiger partial charge in [-0.2, -0.15) is 0 Å². The maximum atomic E-state index is 10.00. The number of nitrogens with zero attached hydrogens (tertiary/aromatic N) is 1. The molecule has 0 spiro atoms. The first-order chi connectivity index (χ1) is 7.23. The van der Waals surface area contributed by atoms with Crippen molar-refractivity contribution in [1.29, 1.82) is 0 Å². The smallest absolute Gasteiger partial charge is 0.0858 e. The molecule has 1 aliphatic heterocycles. The number of anilines is 1. The fourth-order valence-corrected chi connectivity index (χ4v) is 2.00. The number of rotatable bonds is 2. The molecule has 0 unspecified atom stereocenters. The molecular formula is C13H17NO. The van der Waals surface area contributed by atoms with Crippen molar-refractivity contribution in [3.05, 3.63) is 43.0 Å². The van der Waals surface area contributed by atoms with Gasteiger partial charge in [-0.25, -0.2) is 0 Å². The Morgan fingerprint density at radius 1 is 1.20 bits per heavy atom. The Bertz CT molecular complexity index is 326. The largest absolute Gasteiger partial charge is 0.386 e. The van der Waals surface area contributed by atoms with Gasteiger partial charge in [0, 0.05) is 18.8 Å². The van der Waals surface area contributed by atoms with E-state index in [-0.39, 0.29) is 0 Å². The number of hydrogen-bond acceptors (Lipinski definition) is 2. The number of para-hydroxylation sites is 1. The van der Waals surface area contributed by atoms with Crippen LogP contribution in [0.5, 0.6) is 0 Å². The van der Waals surface area contributed by atoms with E-state index in [0.29, 0.717) is 0 Å². The second kappa shape index (κ2) is 4.07. The van der Waals surface area contributed by atoms with E-state index in [1.54, 1.807) is 6.08 Å². The van der Waals surface area contributed by atoms with Gasteiger partial charge in [0.05, 0.1) is 5.60 Å². The molecule has 2 heteroatoms. The van der Waals surface area contributed by atoms with E-state index in [1.807, 2.05) is 18.2 Å². The molecule has 0 bridgehead atoms. The van der Waals surface area contributed by atoms with Crippen molar-refractivity contribution >= 4 is 5.69 Å². The van der Waals surface area contributed by atoms with Gasteiger partial charge >= 0.3 is 0 Å². The standard InChI is InChI=1S/C13H17NO/c1-2-13(15)8-10-14(11-9-13)12-6-4-3-5-7-12/h2-7,15H,1,8-11H2. The number of piperidine rings is 1. The summed E-state index contributed by atoms with van der Waals surface area (Å²) in [7, 11) is 0. The average molecular weight is 203 g/mol. The first kappa shape index (κ1) is 10.2. The Balaban J connectivity index is 2.03. The van der Waals surface area contributed by atoms with E-state index in [4.69, 9.17) is 0 Å². The van der Waals surface area contributed by atoms with Crippen molar-refractivity contribution < 1.29 is 5.11 Å². The van der Waals surface area contributed by atoms with Crippen LogP contribution in [0.25, 0.3) is 0 Å². The second-order valence-corrected chi connectivity index (χ2v) is 4.13. The number of hydrogen-bond donors (Lipinski definition) is 1. The molecule has 1 N–H and O–H groups in total. The van der Waals surface area contributed by atoms with Crippen molar-refractivity contribution in [3.63, 3.8) is 0 Å². The zero-order valence-corrected chi connectivity index (χ0v) is 8.89. The van der Waals surface area contributed by atoms with Gasteiger partial charge in [-0.15, -0.1) is 6.58 Å². The van der Waals surface area contributed by atoms with Crippen molar-refractivity contribution in [2.24, 2.45) is 0 Å². The minimum absolute atomic E-state index is 0.648. The Morgan fingerprint density at radius 3 is 2.33 bits per heavy atom. The maximum Gasteiger partial charge on any atom is 0.0858 e. The molecule has 2 nitrogen and oxygen atoms in total. The summed E-state index contributed by atoms with van der Waals surface area (Å²) < 4.78 is 0. The van der Waals surface area contributed by atoms with Crippen molar-refractivity contribution in [2.75, 3.05) is 18.0 Å². The lowest BCUT2D eigenvalue weighted by atomic mass is 9.91. The molecule has 1 aromatic rings. The third-order valence-corrected chi connectivity index (χ3v) is 3.13. The molecule has 1 heterocycles. The maximum absolute atomic E-state index is 10.00. The van der Waals surface area contributed by atoms with Crippen LogP contribution in [0.15, 0.2) is 43.0 Å². The van der Waals surface area contributed by atoms with E-state index in [9.17, 15) is 5.11 Å². The minimum atomic E-state index is -0.648. The molecule has 1 saturated heterocycles. The Morgan fingerprint density at radius 2 is 1.80 bits per heavy atom. The van der Waals surface area contributed by atoms with Crippen LogP contribution in [0.1, 0.15) is 12.8 Å². The van der Waals surface area contributed by atoms with E-state index in [2.05, 4.69) is 23.6 Å². The van der Waals surface area contributed by atoms with E-state index >= 15 is 0 Å². The molecule has 2 rings (SSSR count). The lowest BCUT2D eigenvalue weighted by Crippen LogP contribution is -2.43. The molecule has 1 aromatic carbocycles. The lowest BCUT2D eigenvalue weighted by Gasteiger charge is -2.37. The van der Waals surface area contributed by atoms with Gasteiger partial charge in [0.15, 0.2) is 0 Å². The van der Waals surface area contributed by atoms with Crippen molar-refractivity contribution in [1.82, 2.24) is 0 Å². The van der Waals surface area contributed by atoms with Crippen molar-refractivity contribution in [3.8, 4) is 0 Å². The van der Waals surface area contributed by atoms with Gasteiger partial charge < -0.3 is 10.0 Å². The third kappa shape index (κ3) is 2.21. The second-order valence-electron chi connectivity index (χ2n) is 4.13. The first-order valence-corrected chi connectivity index (χ1v) is 5.39. The van der Waals surface area contributed by atoms with Crippen LogP contribution in [0.4, 0.5) is 5.69 Å². The molecular weight excluding hydrogens is 186 g/mol. The van der Waals surface area contributed by atoms with Crippen LogP contribution in [0.2, 0.25) is 0 Å². The summed E-state index contributed by atoms with van der Waals surface area (Å²) in [5, 5.41) is 10.00. The van der Waals surface area contributed by atoms with Gasteiger partial charge in [0.2, 0.25) is 0 Å². The monoisotopic (exact) mass is 203 g/mol. The van der Waals surface area contributed by atoms with Gasteiger partial charge in [-0.1, -0.05) is 24.3 Å². The molecule has 15 heavy (non-hydrogen) atoms. The van der Waals surface area contributed by atoms with Crippen LogP contribution in [-0.2, 0) is 0 Å². The van der Waals surface area contributed by atoms with E-state index < -0.39 is 5.60 Å². The molecule has 0 atom stereocenters.